The van der Waals surface area contributed by atoms with Crippen molar-refractivity contribution in [1.82, 2.24) is 14.7 Å². The molecule has 1 spiro atoms. The van der Waals surface area contributed by atoms with Gasteiger partial charge in [0.05, 0.1) is 24.9 Å². The van der Waals surface area contributed by atoms with Crippen LogP contribution in [0.5, 0.6) is 11.5 Å². The van der Waals surface area contributed by atoms with Crippen LogP contribution in [-0.4, -0.2) is 38.0 Å². The van der Waals surface area contributed by atoms with Crippen LogP contribution in [0.25, 0.3) is 22.2 Å². The summed E-state index contributed by atoms with van der Waals surface area (Å²) in [5.74, 6) is -0.462. The van der Waals surface area contributed by atoms with Crippen molar-refractivity contribution in [1.29, 1.82) is 0 Å². The van der Waals surface area contributed by atoms with Crippen molar-refractivity contribution in [3.8, 4) is 22.8 Å². The van der Waals surface area contributed by atoms with E-state index in [-0.39, 0.29) is 27.5 Å². The molecule has 2 aromatic carbocycles. The van der Waals surface area contributed by atoms with Crippen LogP contribution in [-0.2, 0) is 15.4 Å². The van der Waals surface area contributed by atoms with Crippen LogP contribution in [0.1, 0.15) is 28.9 Å². The number of carbonyl (C=O) groups excluding carboxylic acids is 1. The van der Waals surface area contributed by atoms with Crippen LogP contribution in [0.2, 0.25) is 0 Å². The molecule has 8 nitrogen and oxygen atoms in total. The van der Waals surface area contributed by atoms with Crippen molar-refractivity contribution in [3.63, 3.8) is 0 Å². The van der Waals surface area contributed by atoms with Gasteiger partial charge in [-0.3, -0.25) is 9.78 Å². The van der Waals surface area contributed by atoms with Crippen LogP contribution >= 0.6 is 0 Å². The van der Waals surface area contributed by atoms with E-state index in [1.165, 1.54) is 13.2 Å². The monoisotopic (exact) mass is 487 g/mol. The van der Waals surface area contributed by atoms with E-state index in [1.807, 2.05) is 36.4 Å². The van der Waals surface area contributed by atoms with Gasteiger partial charge in [-0.05, 0) is 49.2 Å². The second-order valence-electron chi connectivity index (χ2n) is 8.76. The number of amides is 1. The molecule has 1 saturated carbocycles. The van der Waals surface area contributed by atoms with Crippen molar-refractivity contribution < 1.29 is 22.7 Å². The lowest BCUT2D eigenvalue weighted by Gasteiger charge is -2.14. The minimum absolute atomic E-state index is 0.0228. The van der Waals surface area contributed by atoms with Gasteiger partial charge in [-0.2, -0.15) is 0 Å². The predicted octanol–water partition coefficient (Wildman–Crippen LogP) is 3.85. The summed E-state index contributed by atoms with van der Waals surface area (Å²) in [5.41, 5.74) is 2.89. The third-order valence-electron chi connectivity index (χ3n) is 6.61. The summed E-state index contributed by atoms with van der Waals surface area (Å²) in [7, 11) is -2.92. The van der Waals surface area contributed by atoms with E-state index in [1.54, 1.807) is 24.4 Å². The molecule has 35 heavy (non-hydrogen) atoms. The van der Waals surface area contributed by atoms with Crippen LogP contribution in [0.15, 0.2) is 71.8 Å². The van der Waals surface area contributed by atoms with Crippen molar-refractivity contribution in [2.75, 3.05) is 13.7 Å². The second-order valence-corrected chi connectivity index (χ2v) is 10.4. The summed E-state index contributed by atoms with van der Waals surface area (Å²) in [6, 6.07) is 17.8. The summed E-state index contributed by atoms with van der Waals surface area (Å²) in [4.78, 5) is 21.7. The molecule has 0 saturated heterocycles. The summed E-state index contributed by atoms with van der Waals surface area (Å²) >= 11 is 0. The number of hydrogen-bond donors (Lipinski definition) is 1. The Labute approximate surface area is 202 Å². The molecule has 6 rings (SSSR count). The van der Waals surface area contributed by atoms with Gasteiger partial charge < -0.3 is 9.47 Å². The lowest BCUT2D eigenvalue weighted by atomic mass is 9.98. The van der Waals surface area contributed by atoms with Gasteiger partial charge in [0.1, 0.15) is 17.2 Å². The van der Waals surface area contributed by atoms with Gasteiger partial charge in [-0.1, -0.05) is 24.3 Å². The Hall–Kier alpha value is -3.98. The Morgan fingerprint density at radius 2 is 1.91 bits per heavy atom. The fourth-order valence-electron chi connectivity index (χ4n) is 4.63. The maximum absolute atomic E-state index is 13.4. The van der Waals surface area contributed by atoms with Gasteiger partial charge in [0.2, 0.25) is 0 Å². The van der Waals surface area contributed by atoms with Crippen molar-refractivity contribution in [2.45, 2.75) is 23.2 Å². The maximum Gasteiger partial charge on any atom is 0.283 e. The third kappa shape index (κ3) is 3.50. The number of ether oxygens (including phenoxy) is 2. The van der Waals surface area contributed by atoms with Gasteiger partial charge >= 0.3 is 0 Å². The van der Waals surface area contributed by atoms with E-state index in [4.69, 9.17) is 9.47 Å². The smallest absolute Gasteiger partial charge is 0.283 e. The molecule has 0 atom stereocenters. The van der Waals surface area contributed by atoms with Crippen LogP contribution in [0, 0.1) is 0 Å². The number of methoxy groups -OCH3 is 1. The Morgan fingerprint density at radius 3 is 2.66 bits per heavy atom. The Kier molecular flexibility index (Phi) is 4.79. The number of nitrogens with zero attached hydrogens (tertiary/aromatic N) is 2. The lowest BCUT2D eigenvalue weighted by Crippen LogP contribution is -2.31. The molecule has 0 bridgehead atoms. The number of hydrogen-bond acceptors (Lipinski definition) is 7. The lowest BCUT2D eigenvalue weighted by molar-refractivity contribution is 0.0977. The SMILES string of the molecule is COc1ccc2c(c1S(=O)(=O)NC(=O)c1ccc3c(-c4ccccn4)cccc3n1)OCC21CC1. The fraction of sp³-hybridized carbons (Fsp3) is 0.192. The highest BCUT2D eigenvalue weighted by Crippen LogP contribution is 2.58. The summed E-state index contributed by atoms with van der Waals surface area (Å²) in [6.45, 7) is 0.427. The van der Waals surface area contributed by atoms with Gasteiger partial charge in [0.25, 0.3) is 15.9 Å². The van der Waals surface area contributed by atoms with Gasteiger partial charge in [-0.15, -0.1) is 0 Å². The average molecular weight is 488 g/mol. The summed E-state index contributed by atoms with van der Waals surface area (Å²) < 4.78 is 40.0. The molecular weight excluding hydrogens is 466 g/mol. The first-order valence-corrected chi connectivity index (χ1v) is 12.6. The van der Waals surface area contributed by atoms with Crippen LogP contribution in [0.3, 0.4) is 0 Å². The molecule has 3 heterocycles. The Bertz CT molecular complexity index is 1600. The largest absolute Gasteiger partial charge is 0.495 e. The van der Waals surface area contributed by atoms with Gasteiger partial charge in [0.15, 0.2) is 4.90 Å². The van der Waals surface area contributed by atoms with Crippen LogP contribution in [0.4, 0.5) is 0 Å². The molecule has 1 fully saturated rings. The molecule has 1 aliphatic carbocycles. The quantitative estimate of drug-likeness (QED) is 0.456. The molecule has 0 unspecified atom stereocenters. The molecule has 176 valence electrons. The molecule has 1 N–H and O–H groups in total. The zero-order valence-corrected chi connectivity index (χ0v) is 19.6. The highest BCUT2D eigenvalue weighted by atomic mass is 32.2. The van der Waals surface area contributed by atoms with Gasteiger partial charge in [0, 0.05) is 28.1 Å². The molecule has 2 aromatic heterocycles. The second kappa shape index (κ2) is 7.78. The van der Waals surface area contributed by atoms with E-state index in [0.29, 0.717) is 12.1 Å². The first-order chi connectivity index (χ1) is 16.9. The van der Waals surface area contributed by atoms with Crippen LogP contribution < -0.4 is 14.2 Å². The standard InChI is InChI=1S/C26H21N3O5S/c1-33-22-11-9-18-23(34-15-26(18)12-13-26)24(22)35(31,32)29-25(30)21-10-8-17-16(5-4-7-20(17)28-21)19-6-2-3-14-27-19/h2-11,14H,12-13,15H2,1H3,(H,29,30). The van der Waals surface area contributed by atoms with Crippen molar-refractivity contribution in [3.05, 3.63) is 78.1 Å². The molecular formula is C26H21N3O5S. The Balaban J connectivity index is 1.35. The third-order valence-corrected chi connectivity index (χ3v) is 7.99. The first-order valence-electron chi connectivity index (χ1n) is 11.1. The molecule has 1 aliphatic heterocycles. The van der Waals surface area contributed by atoms with E-state index in [0.717, 1.165) is 35.0 Å². The number of sulfonamides is 1. The first kappa shape index (κ1) is 21.5. The van der Waals surface area contributed by atoms with Crippen molar-refractivity contribution in [2.24, 2.45) is 0 Å². The molecule has 1 amide bonds. The van der Waals surface area contributed by atoms with E-state index in [9.17, 15) is 13.2 Å². The number of carbonyl (C=O) groups is 1. The highest BCUT2D eigenvalue weighted by molar-refractivity contribution is 7.90. The number of rotatable bonds is 5. The number of pyridine rings is 2. The maximum atomic E-state index is 13.4. The van der Waals surface area contributed by atoms with Gasteiger partial charge in [-0.25, -0.2) is 18.1 Å². The molecule has 9 heteroatoms. The summed E-state index contributed by atoms with van der Waals surface area (Å²) in [6.07, 6.45) is 3.59. The van der Waals surface area contributed by atoms with Crippen molar-refractivity contribution >= 4 is 26.8 Å². The van der Waals surface area contributed by atoms with E-state index >= 15 is 0 Å². The number of nitrogens with one attached hydrogen (secondary N) is 1. The van der Waals surface area contributed by atoms with E-state index in [2.05, 4.69) is 14.7 Å². The topological polar surface area (TPSA) is 107 Å². The Morgan fingerprint density at radius 1 is 1.06 bits per heavy atom. The molecule has 2 aliphatic rings. The zero-order chi connectivity index (χ0) is 24.2. The number of fused-ring (bicyclic) bond motifs is 3. The molecule has 0 radical (unpaired) electrons. The normalized spacial score (nSPS) is 15.5. The zero-order valence-electron chi connectivity index (χ0n) is 18.8. The fourth-order valence-corrected chi connectivity index (χ4v) is 5.91. The molecule has 4 aromatic rings. The average Bonchev–Trinajstić information content (AvgIpc) is 3.58. The summed E-state index contributed by atoms with van der Waals surface area (Å²) in [5, 5.41) is 0.802. The predicted molar refractivity (Wildman–Crippen MR) is 129 cm³/mol. The minimum atomic E-state index is -4.30. The highest BCUT2D eigenvalue weighted by Gasteiger charge is 2.52. The number of benzene rings is 2. The number of aromatic nitrogens is 2. The van der Waals surface area contributed by atoms with E-state index < -0.39 is 15.9 Å². The minimum Gasteiger partial charge on any atom is -0.495 e.